The summed E-state index contributed by atoms with van der Waals surface area (Å²) in [5, 5.41) is 9.06. The van der Waals surface area contributed by atoms with Crippen molar-refractivity contribution in [1.29, 1.82) is 0 Å². The molecule has 0 aliphatic heterocycles. The van der Waals surface area contributed by atoms with Crippen molar-refractivity contribution >= 4 is 21.7 Å². The van der Waals surface area contributed by atoms with Gasteiger partial charge in [-0.25, -0.2) is 17.6 Å². The van der Waals surface area contributed by atoms with E-state index in [-0.39, 0.29) is 22.7 Å². The second-order valence-corrected chi connectivity index (χ2v) is 6.77. The van der Waals surface area contributed by atoms with Gasteiger partial charge in [0.05, 0.1) is 16.1 Å². The molecule has 2 aromatic rings. The second kappa shape index (κ2) is 6.37. The standard InChI is InChI=1S/C16H16FNO4S/c1-3-18(14-6-4-5-13(17)10-14)23(21,22)15-9-12(16(19)20)8-7-11(15)2/h4-10H,3H2,1-2H3,(H,19,20). The minimum atomic E-state index is -4.00. The third-order valence-electron chi connectivity index (χ3n) is 3.39. The lowest BCUT2D eigenvalue weighted by Crippen LogP contribution is -2.31. The van der Waals surface area contributed by atoms with Crippen LogP contribution < -0.4 is 4.31 Å². The number of benzene rings is 2. The van der Waals surface area contributed by atoms with Crippen LogP contribution in [-0.4, -0.2) is 26.0 Å². The molecule has 1 N–H and O–H groups in total. The molecular weight excluding hydrogens is 321 g/mol. The number of carbonyl (C=O) groups is 1. The first kappa shape index (κ1) is 17.0. The molecule has 2 rings (SSSR count). The lowest BCUT2D eigenvalue weighted by molar-refractivity contribution is 0.0696. The van der Waals surface area contributed by atoms with Crippen LogP contribution in [0.2, 0.25) is 0 Å². The van der Waals surface area contributed by atoms with Gasteiger partial charge in [0.15, 0.2) is 0 Å². The van der Waals surface area contributed by atoms with E-state index in [0.717, 1.165) is 16.4 Å². The minimum absolute atomic E-state index is 0.0858. The van der Waals surface area contributed by atoms with Crippen molar-refractivity contribution in [2.24, 2.45) is 0 Å². The molecule has 0 aliphatic rings. The van der Waals surface area contributed by atoms with E-state index in [1.165, 1.54) is 30.3 Å². The number of carboxylic acids is 1. The second-order valence-electron chi connectivity index (χ2n) is 4.94. The maximum atomic E-state index is 13.4. The molecule has 0 radical (unpaired) electrons. The number of carboxylic acid groups (broad SMARTS) is 1. The van der Waals surface area contributed by atoms with Gasteiger partial charge in [0.25, 0.3) is 10.0 Å². The summed E-state index contributed by atoms with van der Waals surface area (Å²) in [5.74, 6) is -1.76. The van der Waals surface area contributed by atoms with Gasteiger partial charge in [0, 0.05) is 6.54 Å². The number of sulfonamides is 1. The monoisotopic (exact) mass is 337 g/mol. The Labute approximate surface area is 134 Å². The average Bonchev–Trinajstić information content (AvgIpc) is 2.47. The minimum Gasteiger partial charge on any atom is -0.478 e. The molecule has 0 amide bonds. The summed E-state index contributed by atoms with van der Waals surface area (Å²) < 4.78 is 40.2. The van der Waals surface area contributed by atoms with Gasteiger partial charge in [-0.3, -0.25) is 4.31 Å². The smallest absolute Gasteiger partial charge is 0.335 e. The van der Waals surface area contributed by atoms with Gasteiger partial charge in [0.2, 0.25) is 0 Å². The Morgan fingerprint density at radius 1 is 1.22 bits per heavy atom. The lowest BCUT2D eigenvalue weighted by atomic mass is 10.1. The van der Waals surface area contributed by atoms with Crippen molar-refractivity contribution in [3.05, 3.63) is 59.4 Å². The summed E-state index contributed by atoms with van der Waals surface area (Å²) in [7, 11) is -4.00. The van der Waals surface area contributed by atoms with Gasteiger partial charge in [-0.15, -0.1) is 0 Å². The summed E-state index contributed by atoms with van der Waals surface area (Å²) in [5.41, 5.74) is 0.488. The van der Waals surface area contributed by atoms with Gasteiger partial charge in [0.1, 0.15) is 5.82 Å². The molecule has 0 unspecified atom stereocenters. The molecule has 0 atom stereocenters. The molecule has 23 heavy (non-hydrogen) atoms. The lowest BCUT2D eigenvalue weighted by Gasteiger charge is -2.24. The molecule has 0 aliphatic carbocycles. The van der Waals surface area contributed by atoms with Crippen molar-refractivity contribution in [2.45, 2.75) is 18.7 Å². The van der Waals surface area contributed by atoms with Crippen LogP contribution in [0, 0.1) is 12.7 Å². The summed E-state index contributed by atoms with van der Waals surface area (Å²) >= 11 is 0. The van der Waals surface area contributed by atoms with Crippen LogP contribution in [0.25, 0.3) is 0 Å². The van der Waals surface area contributed by atoms with Gasteiger partial charge >= 0.3 is 5.97 Å². The normalized spacial score (nSPS) is 11.3. The first-order valence-electron chi connectivity index (χ1n) is 6.89. The predicted octanol–water partition coefficient (Wildman–Crippen LogP) is 3.05. The summed E-state index contributed by atoms with van der Waals surface area (Å²) in [4.78, 5) is 11.0. The number of halogens is 1. The number of hydrogen-bond acceptors (Lipinski definition) is 3. The average molecular weight is 337 g/mol. The summed E-state index contributed by atoms with van der Waals surface area (Å²) in [6, 6.07) is 9.15. The number of aromatic carboxylic acids is 1. The van der Waals surface area contributed by atoms with Crippen molar-refractivity contribution in [1.82, 2.24) is 0 Å². The molecule has 0 saturated carbocycles. The topological polar surface area (TPSA) is 74.7 Å². The van der Waals surface area contributed by atoms with E-state index in [0.29, 0.717) is 5.56 Å². The predicted molar refractivity (Wildman–Crippen MR) is 84.7 cm³/mol. The molecular formula is C16H16FNO4S. The Morgan fingerprint density at radius 2 is 1.91 bits per heavy atom. The number of anilines is 1. The third-order valence-corrected chi connectivity index (χ3v) is 5.43. The van der Waals surface area contributed by atoms with Crippen LogP contribution in [0.4, 0.5) is 10.1 Å². The van der Waals surface area contributed by atoms with Gasteiger partial charge in [-0.1, -0.05) is 12.1 Å². The molecule has 0 spiro atoms. The van der Waals surface area contributed by atoms with Gasteiger partial charge in [-0.05, 0) is 49.7 Å². The summed E-state index contributed by atoms with van der Waals surface area (Å²) in [6.07, 6.45) is 0. The highest BCUT2D eigenvalue weighted by atomic mass is 32.2. The van der Waals surface area contributed by atoms with Crippen molar-refractivity contribution in [3.8, 4) is 0 Å². The van der Waals surface area contributed by atoms with E-state index < -0.39 is 21.8 Å². The zero-order valence-corrected chi connectivity index (χ0v) is 13.5. The molecule has 5 nitrogen and oxygen atoms in total. The Bertz CT molecular complexity index is 849. The van der Waals surface area contributed by atoms with E-state index >= 15 is 0 Å². The van der Waals surface area contributed by atoms with Crippen molar-refractivity contribution < 1.29 is 22.7 Å². The molecule has 122 valence electrons. The zero-order chi connectivity index (χ0) is 17.2. The van der Waals surface area contributed by atoms with E-state index in [1.54, 1.807) is 13.8 Å². The third kappa shape index (κ3) is 3.34. The van der Waals surface area contributed by atoms with Crippen LogP contribution in [0.1, 0.15) is 22.8 Å². The van der Waals surface area contributed by atoms with Gasteiger partial charge < -0.3 is 5.11 Å². The van der Waals surface area contributed by atoms with Crippen LogP contribution in [0.5, 0.6) is 0 Å². The first-order valence-corrected chi connectivity index (χ1v) is 8.33. The van der Waals surface area contributed by atoms with Gasteiger partial charge in [-0.2, -0.15) is 0 Å². The Kier molecular flexibility index (Phi) is 4.70. The van der Waals surface area contributed by atoms with E-state index in [9.17, 15) is 17.6 Å². The Balaban J connectivity index is 2.60. The molecule has 0 bridgehead atoms. The van der Waals surface area contributed by atoms with Crippen molar-refractivity contribution in [3.63, 3.8) is 0 Å². The fourth-order valence-corrected chi connectivity index (χ4v) is 3.97. The van der Waals surface area contributed by atoms with Crippen LogP contribution in [0.15, 0.2) is 47.4 Å². The Hall–Kier alpha value is -2.41. The summed E-state index contributed by atoms with van der Waals surface area (Å²) in [6.45, 7) is 3.29. The number of hydrogen-bond donors (Lipinski definition) is 1. The largest absolute Gasteiger partial charge is 0.478 e. The number of aryl methyl sites for hydroxylation is 1. The zero-order valence-electron chi connectivity index (χ0n) is 12.7. The van der Waals surface area contributed by atoms with Crippen molar-refractivity contribution in [2.75, 3.05) is 10.8 Å². The van der Waals surface area contributed by atoms with Crippen LogP contribution in [-0.2, 0) is 10.0 Å². The molecule has 2 aromatic carbocycles. The van der Waals surface area contributed by atoms with Crippen LogP contribution >= 0.6 is 0 Å². The molecule has 0 aromatic heterocycles. The van der Waals surface area contributed by atoms with E-state index in [1.807, 2.05) is 0 Å². The Morgan fingerprint density at radius 3 is 2.48 bits per heavy atom. The molecule has 7 heteroatoms. The van der Waals surface area contributed by atoms with Crippen LogP contribution in [0.3, 0.4) is 0 Å². The SMILES string of the molecule is CCN(c1cccc(F)c1)S(=O)(=O)c1cc(C(=O)O)ccc1C. The fourth-order valence-electron chi connectivity index (χ4n) is 2.25. The highest BCUT2D eigenvalue weighted by molar-refractivity contribution is 7.92. The molecule has 0 saturated heterocycles. The molecule has 0 heterocycles. The quantitative estimate of drug-likeness (QED) is 0.910. The van der Waals surface area contributed by atoms with E-state index in [2.05, 4.69) is 0 Å². The fraction of sp³-hybridized carbons (Fsp3) is 0.188. The highest BCUT2D eigenvalue weighted by Gasteiger charge is 2.26. The first-order chi connectivity index (χ1) is 10.8. The van der Waals surface area contributed by atoms with E-state index in [4.69, 9.17) is 5.11 Å². The maximum Gasteiger partial charge on any atom is 0.335 e. The molecule has 0 fully saturated rings. The number of rotatable bonds is 5. The number of nitrogens with zero attached hydrogens (tertiary/aromatic N) is 1. The highest BCUT2D eigenvalue weighted by Crippen LogP contribution is 2.26. The maximum absolute atomic E-state index is 13.4.